The molecule has 2 atom stereocenters. The molecule has 0 saturated carbocycles. The highest BCUT2D eigenvalue weighted by Gasteiger charge is 2.21. The molecular formula is C15H23FN2O2. The average molecular weight is 282 g/mol. The van der Waals surface area contributed by atoms with Crippen molar-refractivity contribution in [2.45, 2.75) is 19.1 Å². The Morgan fingerprint density at radius 2 is 1.60 bits per heavy atom. The van der Waals surface area contributed by atoms with Gasteiger partial charge in [-0.3, -0.25) is 9.80 Å². The summed E-state index contributed by atoms with van der Waals surface area (Å²) < 4.78 is 13.6. The van der Waals surface area contributed by atoms with E-state index >= 15 is 0 Å². The summed E-state index contributed by atoms with van der Waals surface area (Å²) in [6.07, 6.45) is -1.11. The molecule has 0 spiro atoms. The van der Waals surface area contributed by atoms with Gasteiger partial charge in [-0.2, -0.15) is 0 Å². The Balaban J connectivity index is 1.82. The van der Waals surface area contributed by atoms with Gasteiger partial charge in [0, 0.05) is 44.8 Å². The molecule has 5 heteroatoms. The molecule has 2 N–H and O–H groups in total. The van der Waals surface area contributed by atoms with E-state index in [-0.39, 0.29) is 11.9 Å². The van der Waals surface area contributed by atoms with Crippen molar-refractivity contribution >= 4 is 0 Å². The Morgan fingerprint density at radius 3 is 2.15 bits per heavy atom. The van der Waals surface area contributed by atoms with Crippen molar-refractivity contribution in [3.63, 3.8) is 0 Å². The van der Waals surface area contributed by atoms with Crippen molar-refractivity contribution < 1.29 is 14.6 Å². The van der Waals surface area contributed by atoms with Crippen LogP contribution in [-0.4, -0.2) is 65.4 Å². The summed E-state index contributed by atoms with van der Waals surface area (Å²) in [7, 11) is 0. The van der Waals surface area contributed by atoms with Gasteiger partial charge in [0.05, 0.1) is 12.2 Å². The fourth-order valence-electron chi connectivity index (χ4n) is 2.62. The van der Waals surface area contributed by atoms with Gasteiger partial charge in [-0.05, 0) is 13.0 Å². The molecule has 1 saturated heterocycles. The van der Waals surface area contributed by atoms with Gasteiger partial charge < -0.3 is 10.2 Å². The largest absolute Gasteiger partial charge is 0.392 e. The zero-order chi connectivity index (χ0) is 14.5. The van der Waals surface area contributed by atoms with Gasteiger partial charge in [0.1, 0.15) is 5.82 Å². The smallest absolute Gasteiger partial charge is 0.129 e. The third kappa shape index (κ3) is 4.24. The number of piperazine rings is 1. The molecule has 20 heavy (non-hydrogen) atoms. The van der Waals surface area contributed by atoms with Crippen molar-refractivity contribution in [2.75, 3.05) is 39.3 Å². The molecule has 1 aromatic carbocycles. The van der Waals surface area contributed by atoms with Gasteiger partial charge in [-0.15, -0.1) is 0 Å². The summed E-state index contributed by atoms with van der Waals surface area (Å²) in [5.41, 5.74) is 0.360. The average Bonchev–Trinajstić information content (AvgIpc) is 2.41. The second-order valence-electron chi connectivity index (χ2n) is 5.49. The first-order valence-corrected chi connectivity index (χ1v) is 7.11. The molecule has 1 aromatic rings. The van der Waals surface area contributed by atoms with Crippen LogP contribution in [0, 0.1) is 5.82 Å². The maximum Gasteiger partial charge on any atom is 0.129 e. The van der Waals surface area contributed by atoms with E-state index in [1.807, 2.05) is 0 Å². The molecule has 4 nitrogen and oxygen atoms in total. The first-order valence-electron chi connectivity index (χ1n) is 7.11. The van der Waals surface area contributed by atoms with Gasteiger partial charge in [0.15, 0.2) is 0 Å². The Kier molecular flexibility index (Phi) is 5.48. The Bertz CT molecular complexity index is 420. The molecule has 112 valence electrons. The van der Waals surface area contributed by atoms with Crippen LogP contribution in [0.15, 0.2) is 24.3 Å². The zero-order valence-corrected chi connectivity index (χ0v) is 11.9. The van der Waals surface area contributed by atoms with Crippen molar-refractivity contribution in [2.24, 2.45) is 0 Å². The monoisotopic (exact) mass is 282 g/mol. The van der Waals surface area contributed by atoms with E-state index < -0.39 is 6.10 Å². The Labute approximate surface area is 119 Å². The van der Waals surface area contributed by atoms with Crippen LogP contribution in [0.5, 0.6) is 0 Å². The number of aliphatic hydroxyl groups is 2. The molecule has 1 fully saturated rings. The highest BCUT2D eigenvalue weighted by molar-refractivity contribution is 5.20. The van der Waals surface area contributed by atoms with E-state index in [0.717, 1.165) is 26.2 Å². The molecule has 1 heterocycles. The predicted octanol–water partition coefficient (Wildman–Crippen LogP) is 0.857. The van der Waals surface area contributed by atoms with Crippen molar-refractivity contribution in [3.8, 4) is 0 Å². The SMILES string of the molecule is C[C@H](O)CN1CCN(C[C@@H](O)c2ccccc2F)CC1. The van der Waals surface area contributed by atoms with Crippen LogP contribution in [0.1, 0.15) is 18.6 Å². The molecule has 1 aliphatic rings. The number of aliphatic hydroxyl groups excluding tert-OH is 2. The van der Waals surface area contributed by atoms with E-state index in [4.69, 9.17) is 0 Å². The van der Waals surface area contributed by atoms with E-state index in [9.17, 15) is 14.6 Å². The fourth-order valence-corrected chi connectivity index (χ4v) is 2.62. The normalized spacial score (nSPS) is 20.8. The number of hydrogen-bond donors (Lipinski definition) is 2. The summed E-state index contributed by atoms with van der Waals surface area (Å²) in [4.78, 5) is 4.34. The van der Waals surface area contributed by atoms with Gasteiger partial charge in [0.25, 0.3) is 0 Å². The molecule has 0 amide bonds. The van der Waals surface area contributed by atoms with Crippen LogP contribution in [0.2, 0.25) is 0 Å². The highest BCUT2D eigenvalue weighted by Crippen LogP contribution is 2.18. The molecule has 0 aromatic heterocycles. The Hall–Kier alpha value is -1.01. The molecule has 0 radical (unpaired) electrons. The predicted molar refractivity (Wildman–Crippen MR) is 75.9 cm³/mol. The second kappa shape index (κ2) is 7.13. The lowest BCUT2D eigenvalue weighted by molar-refractivity contribution is 0.0516. The van der Waals surface area contributed by atoms with Crippen LogP contribution < -0.4 is 0 Å². The third-order valence-corrected chi connectivity index (χ3v) is 3.68. The van der Waals surface area contributed by atoms with Crippen LogP contribution in [0.25, 0.3) is 0 Å². The van der Waals surface area contributed by atoms with Crippen molar-refractivity contribution in [3.05, 3.63) is 35.6 Å². The van der Waals surface area contributed by atoms with Crippen LogP contribution in [0.4, 0.5) is 4.39 Å². The van der Waals surface area contributed by atoms with E-state index in [1.165, 1.54) is 6.07 Å². The number of rotatable bonds is 5. The molecule has 0 unspecified atom stereocenters. The van der Waals surface area contributed by atoms with Gasteiger partial charge in [-0.1, -0.05) is 18.2 Å². The van der Waals surface area contributed by atoms with E-state index in [1.54, 1.807) is 25.1 Å². The van der Waals surface area contributed by atoms with Crippen LogP contribution in [-0.2, 0) is 0 Å². The zero-order valence-electron chi connectivity index (χ0n) is 11.9. The summed E-state index contributed by atoms with van der Waals surface area (Å²) in [6.45, 7) is 6.32. The number of halogens is 1. The number of β-amino-alcohol motifs (C(OH)–C–C–N with tert-alkyl or cyclic N) is 2. The number of hydrogen-bond acceptors (Lipinski definition) is 4. The van der Waals surface area contributed by atoms with Gasteiger partial charge in [0.2, 0.25) is 0 Å². The first kappa shape index (κ1) is 15.4. The minimum atomic E-state index is -0.792. The van der Waals surface area contributed by atoms with Crippen molar-refractivity contribution in [1.82, 2.24) is 9.80 Å². The maximum absolute atomic E-state index is 13.6. The molecule has 2 rings (SSSR count). The fraction of sp³-hybridized carbons (Fsp3) is 0.600. The quantitative estimate of drug-likeness (QED) is 0.841. The summed E-state index contributed by atoms with van der Waals surface area (Å²) in [5.74, 6) is -0.354. The van der Waals surface area contributed by atoms with Gasteiger partial charge in [-0.25, -0.2) is 4.39 Å². The molecule has 1 aliphatic heterocycles. The Morgan fingerprint density at radius 1 is 1.05 bits per heavy atom. The number of benzene rings is 1. The lowest BCUT2D eigenvalue weighted by Crippen LogP contribution is -2.49. The second-order valence-corrected chi connectivity index (χ2v) is 5.49. The summed E-state index contributed by atoms with van der Waals surface area (Å²) >= 11 is 0. The van der Waals surface area contributed by atoms with E-state index in [2.05, 4.69) is 9.80 Å². The molecule has 0 aliphatic carbocycles. The topological polar surface area (TPSA) is 46.9 Å². The van der Waals surface area contributed by atoms with Crippen molar-refractivity contribution in [1.29, 1.82) is 0 Å². The lowest BCUT2D eigenvalue weighted by atomic mass is 10.1. The van der Waals surface area contributed by atoms with Crippen LogP contribution >= 0.6 is 0 Å². The molecule has 0 bridgehead atoms. The summed E-state index contributed by atoms with van der Waals surface area (Å²) in [5, 5.41) is 19.5. The molecular weight excluding hydrogens is 259 g/mol. The van der Waals surface area contributed by atoms with E-state index in [0.29, 0.717) is 18.7 Å². The minimum Gasteiger partial charge on any atom is -0.392 e. The van der Waals surface area contributed by atoms with Crippen LogP contribution in [0.3, 0.4) is 0 Å². The lowest BCUT2D eigenvalue weighted by Gasteiger charge is -2.36. The maximum atomic E-state index is 13.6. The number of nitrogens with zero attached hydrogens (tertiary/aromatic N) is 2. The third-order valence-electron chi connectivity index (χ3n) is 3.68. The highest BCUT2D eigenvalue weighted by atomic mass is 19.1. The van der Waals surface area contributed by atoms with Gasteiger partial charge >= 0.3 is 0 Å². The minimum absolute atomic E-state index is 0.314. The standard InChI is InChI=1S/C15H23FN2O2/c1-12(19)10-17-6-8-18(9-7-17)11-15(20)13-4-2-3-5-14(13)16/h2-5,12,15,19-20H,6-11H2,1H3/t12-,15+/m0/s1. The summed E-state index contributed by atoms with van der Waals surface area (Å²) in [6, 6.07) is 6.37. The first-order chi connectivity index (χ1) is 9.56.